The van der Waals surface area contributed by atoms with Crippen molar-refractivity contribution < 1.29 is 4.74 Å². The number of benzene rings is 2. The molecule has 0 unspecified atom stereocenters. The van der Waals surface area contributed by atoms with Crippen molar-refractivity contribution >= 4 is 34.2 Å². The summed E-state index contributed by atoms with van der Waals surface area (Å²) in [6, 6.07) is 15.6. The lowest BCUT2D eigenvalue weighted by Crippen LogP contribution is -2.24. The average Bonchev–Trinajstić information content (AvgIpc) is 2.91. The molecule has 0 fully saturated rings. The minimum absolute atomic E-state index is 0.0970. The average molecular weight is 351 g/mol. The molecule has 0 aliphatic rings. The van der Waals surface area contributed by atoms with Gasteiger partial charge in [0.1, 0.15) is 11.3 Å². The Morgan fingerprint density at radius 3 is 2.64 bits per heavy atom. The van der Waals surface area contributed by atoms with Crippen molar-refractivity contribution in [3.8, 4) is 5.75 Å². The second-order valence-corrected chi connectivity index (χ2v) is 6.36. The SMILES string of the molecule is COc1ccc2c(c1)c1[nH]c(=S)n(Cc3ccccc3)c(=O)c1n2C. The molecule has 0 saturated heterocycles. The number of hydrogen-bond donors (Lipinski definition) is 1. The fourth-order valence-electron chi connectivity index (χ4n) is 3.23. The third kappa shape index (κ3) is 2.46. The first-order chi connectivity index (χ1) is 12.1. The first kappa shape index (κ1) is 15.7. The molecule has 4 rings (SSSR count). The maximum atomic E-state index is 13.1. The van der Waals surface area contributed by atoms with Crippen LogP contribution in [0.15, 0.2) is 53.3 Å². The maximum absolute atomic E-state index is 13.1. The normalized spacial score (nSPS) is 11.3. The Morgan fingerprint density at radius 2 is 1.92 bits per heavy atom. The molecular weight excluding hydrogens is 334 g/mol. The number of fused-ring (bicyclic) bond motifs is 3. The van der Waals surface area contributed by atoms with E-state index in [1.165, 1.54) is 0 Å². The predicted octanol–water partition coefficient (Wildman–Crippen LogP) is 3.61. The van der Waals surface area contributed by atoms with Gasteiger partial charge >= 0.3 is 0 Å². The Morgan fingerprint density at radius 1 is 1.16 bits per heavy atom. The summed E-state index contributed by atoms with van der Waals surface area (Å²) < 4.78 is 9.23. The molecule has 0 atom stereocenters. The largest absolute Gasteiger partial charge is 0.497 e. The van der Waals surface area contributed by atoms with Crippen LogP contribution < -0.4 is 10.3 Å². The summed E-state index contributed by atoms with van der Waals surface area (Å²) in [5.74, 6) is 0.743. The van der Waals surface area contributed by atoms with Gasteiger partial charge in [-0.05, 0) is 36.0 Å². The standard InChI is InChI=1S/C19H17N3O2S/c1-21-15-9-8-13(24-2)10-14(15)16-17(21)18(23)22(19(25)20-16)11-12-6-4-3-5-7-12/h3-10H,11H2,1-2H3,(H,20,25). The van der Waals surface area contributed by atoms with Crippen LogP contribution in [0.3, 0.4) is 0 Å². The van der Waals surface area contributed by atoms with Gasteiger partial charge in [-0.1, -0.05) is 30.3 Å². The molecule has 25 heavy (non-hydrogen) atoms. The van der Waals surface area contributed by atoms with E-state index >= 15 is 0 Å². The van der Waals surface area contributed by atoms with E-state index in [9.17, 15) is 4.79 Å². The van der Waals surface area contributed by atoms with E-state index in [1.54, 1.807) is 11.7 Å². The van der Waals surface area contributed by atoms with Crippen LogP contribution in [0.25, 0.3) is 21.9 Å². The second-order valence-electron chi connectivity index (χ2n) is 5.97. The summed E-state index contributed by atoms with van der Waals surface area (Å²) in [6.07, 6.45) is 0. The van der Waals surface area contributed by atoms with Crippen LogP contribution in [0.4, 0.5) is 0 Å². The van der Waals surface area contributed by atoms with Crippen LogP contribution in [0.2, 0.25) is 0 Å². The number of rotatable bonds is 3. The third-order valence-corrected chi connectivity index (χ3v) is 4.84. The summed E-state index contributed by atoms with van der Waals surface area (Å²) in [4.78, 5) is 16.4. The van der Waals surface area contributed by atoms with Gasteiger partial charge in [0.2, 0.25) is 0 Å². The highest BCUT2D eigenvalue weighted by atomic mass is 32.1. The Hall–Kier alpha value is -2.86. The zero-order chi connectivity index (χ0) is 17.6. The molecule has 0 aliphatic carbocycles. The molecule has 0 amide bonds. The summed E-state index contributed by atoms with van der Waals surface area (Å²) >= 11 is 5.47. The molecule has 6 heteroatoms. The van der Waals surface area contributed by atoms with Gasteiger partial charge in [0, 0.05) is 12.4 Å². The highest BCUT2D eigenvalue weighted by Crippen LogP contribution is 2.28. The minimum Gasteiger partial charge on any atom is -0.497 e. The molecule has 5 nitrogen and oxygen atoms in total. The fraction of sp³-hybridized carbons (Fsp3) is 0.158. The van der Waals surface area contributed by atoms with Crippen molar-refractivity contribution in [2.24, 2.45) is 7.05 Å². The van der Waals surface area contributed by atoms with E-state index in [-0.39, 0.29) is 5.56 Å². The van der Waals surface area contributed by atoms with Gasteiger partial charge in [0.05, 0.1) is 24.7 Å². The summed E-state index contributed by atoms with van der Waals surface area (Å²) in [5.41, 5.74) is 3.24. The van der Waals surface area contributed by atoms with Gasteiger partial charge < -0.3 is 14.3 Å². The van der Waals surface area contributed by atoms with Crippen molar-refractivity contribution in [2.75, 3.05) is 7.11 Å². The molecule has 2 aromatic carbocycles. The molecule has 4 aromatic rings. The van der Waals surface area contributed by atoms with Crippen LogP contribution in [-0.4, -0.2) is 21.2 Å². The van der Waals surface area contributed by atoms with Crippen LogP contribution in [0, 0.1) is 4.77 Å². The number of hydrogen-bond acceptors (Lipinski definition) is 3. The molecule has 1 N–H and O–H groups in total. The van der Waals surface area contributed by atoms with E-state index < -0.39 is 0 Å². The number of aryl methyl sites for hydroxylation is 1. The zero-order valence-corrected chi connectivity index (χ0v) is 14.8. The summed E-state index contributed by atoms with van der Waals surface area (Å²) in [6.45, 7) is 0.440. The number of nitrogens with zero attached hydrogens (tertiary/aromatic N) is 2. The van der Waals surface area contributed by atoms with E-state index in [0.717, 1.165) is 27.7 Å². The van der Waals surface area contributed by atoms with Gasteiger partial charge in [-0.2, -0.15) is 0 Å². The lowest BCUT2D eigenvalue weighted by molar-refractivity contribution is 0.415. The van der Waals surface area contributed by atoms with Gasteiger partial charge in [-0.3, -0.25) is 9.36 Å². The van der Waals surface area contributed by atoms with Gasteiger partial charge in [0.25, 0.3) is 5.56 Å². The molecule has 2 heterocycles. The molecule has 2 aromatic heterocycles. The Balaban J connectivity index is 2.02. The van der Waals surface area contributed by atoms with Crippen molar-refractivity contribution in [1.29, 1.82) is 0 Å². The number of aromatic amines is 1. The number of aromatic nitrogens is 3. The first-order valence-corrected chi connectivity index (χ1v) is 8.34. The third-order valence-electron chi connectivity index (χ3n) is 4.51. The van der Waals surface area contributed by atoms with E-state index in [2.05, 4.69) is 4.98 Å². The molecule has 0 bridgehead atoms. The molecule has 126 valence electrons. The molecule has 0 radical (unpaired) electrons. The highest BCUT2D eigenvalue weighted by Gasteiger charge is 2.15. The van der Waals surface area contributed by atoms with Crippen molar-refractivity contribution in [1.82, 2.24) is 14.1 Å². The Labute approximate surface area is 149 Å². The van der Waals surface area contributed by atoms with Gasteiger partial charge in [0.15, 0.2) is 4.77 Å². The van der Waals surface area contributed by atoms with Crippen LogP contribution in [-0.2, 0) is 13.6 Å². The summed E-state index contributed by atoms with van der Waals surface area (Å²) in [5, 5.41) is 0.923. The fourth-order valence-corrected chi connectivity index (χ4v) is 3.48. The van der Waals surface area contributed by atoms with Crippen LogP contribution in [0.5, 0.6) is 5.75 Å². The van der Waals surface area contributed by atoms with Crippen molar-refractivity contribution in [3.63, 3.8) is 0 Å². The van der Waals surface area contributed by atoms with Crippen LogP contribution >= 0.6 is 12.2 Å². The van der Waals surface area contributed by atoms with E-state index in [1.807, 2.05) is 60.1 Å². The number of nitrogens with one attached hydrogen (secondary N) is 1. The molecule has 0 aliphatic heterocycles. The lowest BCUT2D eigenvalue weighted by Gasteiger charge is -2.07. The van der Waals surface area contributed by atoms with Crippen LogP contribution in [0.1, 0.15) is 5.56 Å². The molecular formula is C19H17N3O2S. The van der Waals surface area contributed by atoms with Crippen molar-refractivity contribution in [2.45, 2.75) is 6.54 Å². The van der Waals surface area contributed by atoms with E-state index in [0.29, 0.717) is 16.8 Å². The topological polar surface area (TPSA) is 51.9 Å². The maximum Gasteiger partial charge on any atom is 0.279 e. The lowest BCUT2D eigenvalue weighted by atomic mass is 10.2. The zero-order valence-electron chi connectivity index (χ0n) is 13.9. The molecule has 0 spiro atoms. The monoisotopic (exact) mass is 351 g/mol. The number of H-pyrrole nitrogens is 1. The Kier molecular flexibility index (Phi) is 3.69. The number of methoxy groups -OCH3 is 1. The minimum atomic E-state index is -0.0970. The Bertz CT molecular complexity index is 1200. The van der Waals surface area contributed by atoms with E-state index in [4.69, 9.17) is 17.0 Å². The number of ether oxygens (including phenoxy) is 1. The van der Waals surface area contributed by atoms with Crippen molar-refractivity contribution in [3.05, 3.63) is 69.2 Å². The van der Waals surface area contributed by atoms with Gasteiger partial charge in [-0.25, -0.2) is 0 Å². The first-order valence-electron chi connectivity index (χ1n) is 7.93. The quantitative estimate of drug-likeness (QED) is 0.574. The highest BCUT2D eigenvalue weighted by molar-refractivity contribution is 7.71. The van der Waals surface area contributed by atoms with Gasteiger partial charge in [-0.15, -0.1) is 0 Å². The second kappa shape index (κ2) is 5.89. The predicted molar refractivity (Wildman–Crippen MR) is 102 cm³/mol. The smallest absolute Gasteiger partial charge is 0.279 e. The molecule has 0 saturated carbocycles. The summed E-state index contributed by atoms with van der Waals surface area (Å²) in [7, 11) is 3.52.